The molecule has 166 valence electrons. The van der Waals surface area contributed by atoms with Gasteiger partial charge in [-0.15, -0.1) is 0 Å². The third-order valence-electron chi connectivity index (χ3n) is 6.06. The summed E-state index contributed by atoms with van der Waals surface area (Å²) in [6, 6.07) is 12.4. The van der Waals surface area contributed by atoms with Gasteiger partial charge in [0, 0.05) is 12.1 Å². The van der Waals surface area contributed by atoms with Crippen molar-refractivity contribution in [3.8, 4) is 11.8 Å². The molecule has 1 aromatic heterocycles. The highest BCUT2D eigenvalue weighted by atomic mass is 35.5. The third kappa shape index (κ3) is 4.16. The van der Waals surface area contributed by atoms with Crippen LogP contribution in [-0.2, 0) is 6.54 Å². The van der Waals surface area contributed by atoms with E-state index in [-0.39, 0.29) is 17.8 Å². The van der Waals surface area contributed by atoms with Gasteiger partial charge in [-0.1, -0.05) is 17.7 Å². The Bertz CT molecular complexity index is 1270. The molecule has 0 atom stereocenters. The smallest absolute Gasteiger partial charge is 0.329 e. The van der Waals surface area contributed by atoms with Crippen LogP contribution in [0.3, 0.4) is 0 Å². The van der Waals surface area contributed by atoms with Gasteiger partial charge in [-0.2, -0.15) is 5.26 Å². The van der Waals surface area contributed by atoms with Gasteiger partial charge >= 0.3 is 11.7 Å². The predicted octanol–water partition coefficient (Wildman–Crippen LogP) is 3.54. The molecule has 0 saturated heterocycles. The molecular weight excluding hydrogens is 430 g/mol. The normalized spacial score (nSPS) is 18.3. The van der Waals surface area contributed by atoms with Gasteiger partial charge in [0.15, 0.2) is 0 Å². The van der Waals surface area contributed by atoms with Crippen molar-refractivity contribution in [3.05, 3.63) is 63.0 Å². The molecule has 3 N–H and O–H groups in total. The number of benzene rings is 2. The summed E-state index contributed by atoms with van der Waals surface area (Å²) in [6.45, 7) is 0.319. The topological polar surface area (TPSA) is 115 Å². The van der Waals surface area contributed by atoms with Gasteiger partial charge in [0.2, 0.25) is 0 Å². The average molecular weight is 454 g/mol. The van der Waals surface area contributed by atoms with E-state index < -0.39 is 6.03 Å². The molecule has 32 heavy (non-hydrogen) atoms. The molecule has 1 fully saturated rings. The Balaban J connectivity index is 1.73. The van der Waals surface area contributed by atoms with Crippen molar-refractivity contribution in [2.75, 3.05) is 7.11 Å². The number of primary amides is 1. The van der Waals surface area contributed by atoms with E-state index in [2.05, 4.69) is 11.4 Å². The van der Waals surface area contributed by atoms with Crippen LogP contribution < -0.4 is 21.5 Å². The van der Waals surface area contributed by atoms with Crippen molar-refractivity contribution < 1.29 is 9.53 Å². The fourth-order valence-corrected chi connectivity index (χ4v) is 4.81. The van der Waals surface area contributed by atoms with Crippen LogP contribution in [0.25, 0.3) is 11.0 Å². The molecule has 1 heterocycles. The fourth-order valence-electron chi connectivity index (χ4n) is 4.53. The number of aromatic nitrogens is 2. The summed E-state index contributed by atoms with van der Waals surface area (Å²) < 4.78 is 8.72. The average Bonchev–Trinajstić information content (AvgIpc) is 3.05. The Hall–Kier alpha value is -3.44. The molecule has 8 nitrogen and oxygen atoms in total. The maximum atomic E-state index is 13.6. The number of urea groups is 1. The number of nitriles is 1. The Morgan fingerprint density at radius 1 is 1.22 bits per heavy atom. The Morgan fingerprint density at radius 2 is 1.97 bits per heavy atom. The van der Waals surface area contributed by atoms with Gasteiger partial charge in [0.05, 0.1) is 41.3 Å². The second kappa shape index (κ2) is 8.97. The van der Waals surface area contributed by atoms with Crippen molar-refractivity contribution in [3.63, 3.8) is 0 Å². The SMILES string of the molecule is COc1ccc(Cn2c(=O)n(C3CCC(NC(N)=O)CC3)c3ccc(C#N)cc32)cc1Cl. The second-order valence-corrected chi connectivity index (χ2v) is 8.44. The first-order chi connectivity index (χ1) is 15.4. The lowest BCUT2D eigenvalue weighted by Crippen LogP contribution is -2.41. The summed E-state index contributed by atoms with van der Waals surface area (Å²) in [7, 11) is 1.55. The molecule has 0 aliphatic heterocycles. The number of methoxy groups -OCH3 is 1. The standard InChI is InChI=1S/C23H24ClN5O3/c1-32-21-9-3-15(10-18(21)24)13-28-20-11-14(12-25)2-8-19(20)29(23(28)31)17-6-4-16(5-7-17)27-22(26)30/h2-3,8-11,16-17H,4-7,13H2,1H3,(H3,26,27,30). The number of rotatable bonds is 5. The van der Waals surface area contributed by atoms with Crippen molar-refractivity contribution in [2.45, 2.75) is 44.3 Å². The number of nitrogens with one attached hydrogen (secondary N) is 1. The summed E-state index contributed by atoms with van der Waals surface area (Å²) >= 11 is 6.28. The summed E-state index contributed by atoms with van der Waals surface area (Å²) in [5, 5.41) is 12.6. The number of imidazole rings is 1. The van der Waals surface area contributed by atoms with Gasteiger partial charge in [0.25, 0.3) is 0 Å². The molecule has 2 aromatic carbocycles. The Labute approximate surface area is 190 Å². The van der Waals surface area contributed by atoms with Crippen molar-refractivity contribution in [1.29, 1.82) is 5.26 Å². The second-order valence-electron chi connectivity index (χ2n) is 8.04. The van der Waals surface area contributed by atoms with Gasteiger partial charge in [-0.05, 0) is 61.6 Å². The minimum Gasteiger partial charge on any atom is -0.495 e. The Morgan fingerprint density at radius 3 is 2.59 bits per heavy atom. The van der Waals surface area contributed by atoms with Crippen molar-refractivity contribution in [2.24, 2.45) is 5.73 Å². The molecule has 4 rings (SSSR count). The van der Waals surface area contributed by atoms with E-state index in [1.165, 1.54) is 0 Å². The maximum Gasteiger partial charge on any atom is 0.329 e. The number of hydrogen-bond acceptors (Lipinski definition) is 4. The lowest BCUT2D eigenvalue weighted by Gasteiger charge is -2.29. The summed E-state index contributed by atoms with van der Waals surface area (Å²) in [6.07, 6.45) is 2.99. The Kier molecular flexibility index (Phi) is 6.10. The van der Waals surface area contributed by atoms with E-state index in [0.29, 0.717) is 28.4 Å². The van der Waals surface area contributed by atoms with Crippen LogP contribution in [0.4, 0.5) is 4.79 Å². The first-order valence-corrected chi connectivity index (χ1v) is 10.8. The lowest BCUT2D eigenvalue weighted by molar-refractivity contribution is 0.235. The van der Waals surface area contributed by atoms with Crippen molar-refractivity contribution >= 4 is 28.7 Å². The van der Waals surface area contributed by atoms with Crippen LogP contribution in [0.2, 0.25) is 5.02 Å². The van der Waals surface area contributed by atoms with E-state index in [1.807, 2.05) is 16.7 Å². The summed E-state index contributed by atoms with van der Waals surface area (Å²) in [4.78, 5) is 24.7. The van der Waals surface area contributed by atoms with Crippen LogP contribution >= 0.6 is 11.6 Å². The zero-order chi connectivity index (χ0) is 22.8. The highest BCUT2D eigenvalue weighted by Gasteiger charge is 2.27. The van der Waals surface area contributed by atoms with Crippen LogP contribution in [0.1, 0.15) is 42.9 Å². The number of halogens is 1. The van der Waals surface area contributed by atoms with Gasteiger partial charge in [0.1, 0.15) is 5.75 Å². The van der Waals surface area contributed by atoms with E-state index in [4.69, 9.17) is 22.1 Å². The summed E-state index contributed by atoms with van der Waals surface area (Å²) in [5.74, 6) is 0.568. The van der Waals surface area contributed by atoms with E-state index in [0.717, 1.165) is 36.8 Å². The molecule has 0 unspecified atom stereocenters. The third-order valence-corrected chi connectivity index (χ3v) is 6.35. The lowest BCUT2D eigenvalue weighted by atomic mass is 9.91. The monoisotopic (exact) mass is 453 g/mol. The molecule has 3 aromatic rings. The fraction of sp³-hybridized carbons (Fsp3) is 0.348. The van der Waals surface area contributed by atoms with Gasteiger partial charge in [-0.25, -0.2) is 9.59 Å². The molecule has 0 bridgehead atoms. The molecule has 1 aliphatic carbocycles. The minimum atomic E-state index is -0.524. The minimum absolute atomic E-state index is 0.00423. The van der Waals surface area contributed by atoms with Crippen LogP contribution in [-0.4, -0.2) is 28.3 Å². The highest BCUT2D eigenvalue weighted by molar-refractivity contribution is 6.32. The number of fused-ring (bicyclic) bond motifs is 1. The largest absolute Gasteiger partial charge is 0.495 e. The number of hydrogen-bond donors (Lipinski definition) is 2. The first-order valence-electron chi connectivity index (χ1n) is 10.4. The molecule has 1 saturated carbocycles. The van der Waals surface area contributed by atoms with Crippen LogP contribution in [0.15, 0.2) is 41.2 Å². The number of carbonyl (C=O) groups excluding carboxylic acids is 1. The molecule has 2 amide bonds. The first kappa shape index (κ1) is 21.8. The number of nitrogens with two attached hydrogens (primary N) is 1. The number of ether oxygens (including phenoxy) is 1. The van der Waals surface area contributed by atoms with Crippen LogP contribution in [0.5, 0.6) is 5.75 Å². The molecule has 9 heteroatoms. The number of amides is 2. The molecule has 0 spiro atoms. The summed E-state index contributed by atoms with van der Waals surface area (Å²) in [5.41, 5.74) is 7.96. The van der Waals surface area contributed by atoms with Gasteiger partial charge < -0.3 is 15.8 Å². The zero-order valence-corrected chi connectivity index (χ0v) is 18.4. The number of carbonyl (C=O) groups is 1. The van der Waals surface area contributed by atoms with Gasteiger partial charge in [-0.3, -0.25) is 9.13 Å². The molecule has 1 aliphatic rings. The van der Waals surface area contributed by atoms with E-state index in [9.17, 15) is 14.9 Å². The predicted molar refractivity (Wildman–Crippen MR) is 122 cm³/mol. The van der Waals surface area contributed by atoms with E-state index in [1.54, 1.807) is 35.9 Å². The van der Waals surface area contributed by atoms with Crippen LogP contribution in [0, 0.1) is 11.3 Å². The maximum absolute atomic E-state index is 13.6. The number of nitrogens with zero attached hydrogens (tertiary/aromatic N) is 3. The quantitative estimate of drug-likeness (QED) is 0.614. The van der Waals surface area contributed by atoms with E-state index >= 15 is 0 Å². The molecular formula is C23H24ClN5O3. The van der Waals surface area contributed by atoms with Crippen molar-refractivity contribution in [1.82, 2.24) is 14.5 Å². The molecule has 0 radical (unpaired) electrons. The highest BCUT2D eigenvalue weighted by Crippen LogP contribution is 2.31. The zero-order valence-electron chi connectivity index (χ0n) is 17.7.